The summed E-state index contributed by atoms with van der Waals surface area (Å²) in [5.41, 5.74) is 1.11. The third-order valence-electron chi connectivity index (χ3n) is 2.46. The zero-order valence-electron chi connectivity index (χ0n) is 8.75. The molecule has 0 bridgehead atoms. The topological polar surface area (TPSA) is 26.5 Å². The molecule has 3 nitrogen and oxygen atoms in total. The molecular weight excluding hydrogens is 220 g/mol. The van der Waals surface area contributed by atoms with E-state index in [0.29, 0.717) is 0 Å². The zero-order valence-corrected chi connectivity index (χ0v) is 9.57. The highest BCUT2D eigenvalue weighted by Crippen LogP contribution is 2.34. The summed E-state index contributed by atoms with van der Waals surface area (Å²) in [7, 11) is 1.69. The third-order valence-corrected chi connectivity index (χ3v) is 3.51. The van der Waals surface area contributed by atoms with Crippen molar-refractivity contribution >= 4 is 16.3 Å². The van der Waals surface area contributed by atoms with Crippen LogP contribution in [-0.2, 0) is 0 Å². The van der Waals surface area contributed by atoms with Gasteiger partial charge in [-0.3, -0.25) is 4.40 Å². The Morgan fingerprint density at radius 1 is 1.31 bits per heavy atom. The van der Waals surface area contributed by atoms with Crippen LogP contribution in [0.25, 0.3) is 15.4 Å². The number of para-hydroxylation sites is 1. The second-order valence-electron chi connectivity index (χ2n) is 3.41. The summed E-state index contributed by atoms with van der Waals surface area (Å²) >= 11 is 1.66. The van der Waals surface area contributed by atoms with Crippen LogP contribution in [0.4, 0.5) is 0 Å². The molecule has 3 aromatic rings. The van der Waals surface area contributed by atoms with Crippen LogP contribution in [0, 0.1) is 0 Å². The van der Waals surface area contributed by atoms with Crippen LogP contribution in [-0.4, -0.2) is 16.5 Å². The van der Waals surface area contributed by atoms with Crippen LogP contribution in [0.2, 0.25) is 0 Å². The predicted molar refractivity (Wildman–Crippen MR) is 65.1 cm³/mol. The van der Waals surface area contributed by atoms with E-state index in [1.807, 2.05) is 28.8 Å². The largest absolute Gasteiger partial charge is 0.496 e. The molecule has 0 atom stereocenters. The van der Waals surface area contributed by atoms with Crippen molar-refractivity contribution in [3.8, 4) is 16.2 Å². The molecule has 0 aliphatic carbocycles. The van der Waals surface area contributed by atoms with Crippen LogP contribution in [0.5, 0.6) is 5.75 Å². The molecule has 0 unspecified atom stereocenters. The summed E-state index contributed by atoms with van der Waals surface area (Å²) in [5, 5.41) is 0. The summed E-state index contributed by atoms with van der Waals surface area (Å²) < 4.78 is 7.37. The Hall–Kier alpha value is -1.81. The molecule has 0 amide bonds. The number of nitrogens with zero attached hydrogens (tertiary/aromatic N) is 2. The van der Waals surface area contributed by atoms with Crippen molar-refractivity contribution in [2.45, 2.75) is 0 Å². The quantitative estimate of drug-likeness (QED) is 0.676. The summed E-state index contributed by atoms with van der Waals surface area (Å²) in [6.45, 7) is 0. The first-order valence-corrected chi connectivity index (χ1v) is 5.76. The van der Waals surface area contributed by atoms with Crippen LogP contribution in [0.1, 0.15) is 0 Å². The summed E-state index contributed by atoms with van der Waals surface area (Å²) in [6, 6.07) is 8.02. The minimum Gasteiger partial charge on any atom is -0.496 e. The minimum atomic E-state index is 0.895. The number of fused-ring (bicyclic) bond motifs is 1. The van der Waals surface area contributed by atoms with Crippen LogP contribution in [0.15, 0.2) is 42.9 Å². The number of rotatable bonds is 2. The van der Waals surface area contributed by atoms with Gasteiger partial charge in [-0.05, 0) is 12.1 Å². The first-order chi connectivity index (χ1) is 7.88. The number of methoxy groups -OCH3 is 1. The molecule has 0 aliphatic rings. The molecule has 0 spiro atoms. The zero-order chi connectivity index (χ0) is 11.0. The minimum absolute atomic E-state index is 0.895. The Kier molecular flexibility index (Phi) is 2.15. The third kappa shape index (κ3) is 1.39. The van der Waals surface area contributed by atoms with E-state index in [-0.39, 0.29) is 0 Å². The fourth-order valence-electron chi connectivity index (χ4n) is 1.70. The molecule has 3 rings (SSSR count). The highest BCUT2D eigenvalue weighted by atomic mass is 32.1. The second kappa shape index (κ2) is 3.64. The summed E-state index contributed by atoms with van der Waals surface area (Å²) in [6.07, 6.45) is 5.83. The van der Waals surface area contributed by atoms with Gasteiger partial charge in [-0.1, -0.05) is 23.5 Å². The molecule has 0 N–H and O–H groups in total. The van der Waals surface area contributed by atoms with Crippen molar-refractivity contribution < 1.29 is 4.74 Å². The normalized spacial score (nSPS) is 10.8. The maximum absolute atomic E-state index is 5.35. The van der Waals surface area contributed by atoms with Crippen molar-refractivity contribution in [3.63, 3.8) is 0 Å². The molecular formula is C12H10N2OS. The lowest BCUT2D eigenvalue weighted by Gasteiger charge is -2.04. The predicted octanol–water partition coefficient (Wildman–Crippen LogP) is 3.07. The van der Waals surface area contributed by atoms with E-state index in [1.54, 1.807) is 24.6 Å². The van der Waals surface area contributed by atoms with Crippen LogP contribution >= 0.6 is 11.3 Å². The molecule has 0 aliphatic heterocycles. The number of thiazole rings is 1. The van der Waals surface area contributed by atoms with Crippen molar-refractivity contribution in [1.29, 1.82) is 0 Å². The van der Waals surface area contributed by atoms with E-state index >= 15 is 0 Å². The second-order valence-corrected chi connectivity index (χ2v) is 4.42. The van der Waals surface area contributed by atoms with Gasteiger partial charge in [0.15, 0.2) is 4.96 Å². The monoisotopic (exact) mass is 230 g/mol. The van der Waals surface area contributed by atoms with E-state index in [4.69, 9.17) is 4.74 Å². The van der Waals surface area contributed by atoms with Gasteiger partial charge in [-0.2, -0.15) is 0 Å². The lowest BCUT2D eigenvalue weighted by atomic mass is 10.2. The van der Waals surface area contributed by atoms with E-state index in [1.165, 1.54) is 4.88 Å². The van der Waals surface area contributed by atoms with E-state index in [2.05, 4.69) is 17.2 Å². The maximum atomic E-state index is 5.35. The fraction of sp³-hybridized carbons (Fsp3) is 0.0833. The smallest absolute Gasteiger partial charge is 0.194 e. The number of aromatic nitrogens is 2. The van der Waals surface area contributed by atoms with Gasteiger partial charge in [-0.25, -0.2) is 4.98 Å². The number of benzene rings is 1. The van der Waals surface area contributed by atoms with Gasteiger partial charge in [0.2, 0.25) is 0 Å². The van der Waals surface area contributed by atoms with Gasteiger partial charge in [0.1, 0.15) is 5.75 Å². The number of ether oxygens (including phenoxy) is 1. The lowest BCUT2D eigenvalue weighted by Crippen LogP contribution is -1.85. The Morgan fingerprint density at radius 2 is 2.19 bits per heavy atom. The van der Waals surface area contributed by atoms with Crippen molar-refractivity contribution in [2.75, 3.05) is 7.11 Å². The summed E-state index contributed by atoms with van der Waals surface area (Å²) in [4.78, 5) is 6.43. The van der Waals surface area contributed by atoms with Gasteiger partial charge in [-0.15, -0.1) is 0 Å². The molecule has 1 aromatic carbocycles. The SMILES string of the molecule is COc1ccccc1-c1cn2ccnc2s1. The highest BCUT2D eigenvalue weighted by Gasteiger charge is 2.08. The number of imidazole rings is 1. The Balaban J connectivity index is 2.18. The molecule has 80 valence electrons. The molecule has 2 aromatic heterocycles. The van der Waals surface area contributed by atoms with E-state index in [9.17, 15) is 0 Å². The van der Waals surface area contributed by atoms with Crippen molar-refractivity contribution in [2.24, 2.45) is 0 Å². The van der Waals surface area contributed by atoms with Gasteiger partial charge in [0.25, 0.3) is 0 Å². The molecule has 0 saturated carbocycles. The summed E-state index contributed by atoms with van der Waals surface area (Å²) in [5.74, 6) is 0.895. The Morgan fingerprint density at radius 3 is 3.00 bits per heavy atom. The Labute approximate surface area is 96.9 Å². The lowest BCUT2D eigenvalue weighted by molar-refractivity contribution is 0.416. The Bertz CT molecular complexity index is 598. The molecule has 0 fully saturated rings. The molecule has 4 heteroatoms. The average molecular weight is 230 g/mol. The fourth-order valence-corrected chi connectivity index (χ4v) is 2.67. The number of hydrogen-bond donors (Lipinski definition) is 0. The van der Waals surface area contributed by atoms with E-state index < -0.39 is 0 Å². The maximum Gasteiger partial charge on any atom is 0.194 e. The van der Waals surface area contributed by atoms with Crippen molar-refractivity contribution in [3.05, 3.63) is 42.9 Å². The van der Waals surface area contributed by atoms with E-state index in [0.717, 1.165) is 16.3 Å². The standard InChI is InChI=1S/C12H10N2OS/c1-15-10-5-3-2-4-9(10)11-8-14-7-6-13-12(14)16-11/h2-8H,1H3. The van der Waals surface area contributed by atoms with Crippen LogP contribution < -0.4 is 4.74 Å². The average Bonchev–Trinajstić information content (AvgIpc) is 2.89. The van der Waals surface area contributed by atoms with Crippen LogP contribution in [0.3, 0.4) is 0 Å². The highest BCUT2D eigenvalue weighted by molar-refractivity contribution is 7.20. The first-order valence-electron chi connectivity index (χ1n) is 4.94. The molecule has 2 heterocycles. The molecule has 0 radical (unpaired) electrons. The number of hydrogen-bond acceptors (Lipinski definition) is 3. The van der Waals surface area contributed by atoms with Gasteiger partial charge >= 0.3 is 0 Å². The first kappa shape index (κ1) is 9.42. The molecule has 0 saturated heterocycles. The van der Waals surface area contributed by atoms with Gasteiger partial charge in [0, 0.05) is 24.2 Å². The molecule has 16 heavy (non-hydrogen) atoms. The van der Waals surface area contributed by atoms with Crippen molar-refractivity contribution in [1.82, 2.24) is 9.38 Å². The van der Waals surface area contributed by atoms with Gasteiger partial charge < -0.3 is 4.74 Å². The van der Waals surface area contributed by atoms with Gasteiger partial charge in [0.05, 0.1) is 12.0 Å².